The van der Waals surface area contributed by atoms with Crippen LogP contribution in [-0.4, -0.2) is 25.5 Å². The topological polar surface area (TPSA) is 80.4 Å². The Morgan fingerprint density at radius 1 is 1.36 bits per heavy atom. The van der Waals surface area contributed by atoms with Crippen LogP contribution in [0.5, 0.6) is 5.75 Å². The number of rotatable bonds is 3. The molecule has 1 rings (SSSR count). The maximum absolute atomic E-state index is 11.0. The van der Waals surface area contributed by atoms with Gasteiger partial charge in [-0.15, -0.1) is 0 Å². The van der Waals surface area contributed by atoms with E-state index in [0.29, 0.717) is 5.56 Å². The van der Waals surface area contributed by atoms with E-state index in [0.717, 1.165) is 6.26 Å². The lowest BCUT2D eigenvalue weighted by Gasteiger charge is -2.10. The standard InChI is InChI=1S/C9H13NO3S/c1-14(12,13)6-9(10)7-2-4-8(11)5-3-7/h2-5,9,11H,6,10H2,1H3/t9-/m0/s1. The fourth-order valence-electron chi connectivity index (χ4n) is 1.14. The summed E-state index contributed by atoms with van der Waals surface area (Å²) in [5.41, 5.74) is 6.37. The zero-order valence-corrected chi connectivity index (χ0v) is 8.66. The summed E-state index contributed by atoms with van der Waals surface area (Å²) in [5.74, 6) is 0.0536. The van der Waals surface area contributed by atoms with Gasteiger partial charge in [-0.3, -0.25) is 0 Å². The number of sulfone groups is 1. The van der Waals surface area contributed by atoms with Crippen LogP contribution < -0.4 is 5.73 Å². The van der Waals surface area contributed by atoms with Crippen molar-refractivity contribution < 1.29 is 13.5 Å². The van der Waals surface area contributed by atoms with Gasteiger partial charge in [0.05, 0.1) is 5.75 Å². The molecule has 0 aliphatic rings. The van der Waals surface area contributed by atoms with E-state index in [1.807, 2.05) is 0 Å². The second-order valence-electron chi connectivity index (χ2n) is 3.29. The molecule has 0 saturated heterocycles. The van der Waals surface area contributed by atoms with Crippen molar-refractivity contribution in [3.05, 3.63) is 29.8 Å². The summed E-state index contributed by atoms with van der Waals surface area (Å²) in [6.07, 6.45) is 1.15. The van der Waals surface area contributed by atoms with Crippen LogP contribution in [0.1, 0.15) is 11.6 Å². The molecule has 14 heavy (non-hydrogen) atoms. The van der Waals surface area contributed by atoms with E-state index in [4.69, 9.17) is 10.8 Å². The minimum atomic E-state index is -3.07. The third-order valence-electron chi connectivity index (χ3n) is 1.80. The van der Waals surface area contributed by atoms with Crippen LogP contribution in [0.2, 0.25) is 0 Å². The highest BCUT2D eigenvalue weighted by atomic mass is 32.2. The highest BCUT2D eigenvalue weighted by molar-refractivity contribution is 7.90. The van der Waals surface area contributed by atoms with Gasteiger partial charge in [-0.1, -0.05) is 12.1 Å². The van der Waals surface area contributed by atoms with Gasteiger partial charge in [-0.25, -0.2) is 8.42 Å². The summed E-state index contributed by atoms with van der Waals surface area (Å²) >= 11 is 0. The third kappa shape index (κ3) is 3.35. The average molecular weight is 215 g/mol. The maximum atomic E-state index is 11.0. The monoisotopic (exact) mass is 215 g/mol. The lowest BCUT2D eigenvalue weighted by atomic mass is 10.1. The van der Waals surface area contributed by atoms with E-state index < -0.39 is 15.9 Å². The molecule has 3 N–H and O–H groups in total. The number of aromatic hydroxyl groups is 1. The van der Waals surface area contributed by atoms with Gasteiger partial charge in [0.1, 0.15) is 15.6 Å². The Kier molecular flexibility index (Phi) is 3.13. The van der Waals surface area contributed by atoms with Gasteiger partial charge in [-0.2, -0.15) is 0 Å². The quantitative estimate of drug-likeness (QED) is 0.766. The molecule has 0 aliphatic carbocycles. The molecule has 0 heterocycles. The molecule has 0 bridgehead atoms. The Hall–Kier alpha value is -1.07. The fraction of sp³-hybridized carbons (Fsp3) is 0.333. The van der Waals surface area contributed by atoms with Crippen molar-refractivity contribution in [3.8, 4) is 5.75 Å². The van der Waals surface area contributed by atoms with Crippen molar-refractivity contribution in [2.75, 3.05) is 12.0 Å². The Labute approximate surface area is 83.3 Å². The molecule has 1 aromatic rings. The first-order valence-electron chi connectivity index (χ1n) is 4.11. The SMILES string of the molecule is CS(=O)(=O)C[C@H](N)c1ccc(O)cc1. The molecule has 4 nitrogen and oxygen atoms in total. The van der Waals surface area contributed by atoms with E-state index in [-0.39, 0.29) is 11.5 Å². The number of nitrogens with two attached hydrogens (primary N) is 1. The smallest absolute Gasteiger partial charge is 0.149 e. The van der Waals surface area contributed by atoms with Gasteiger partial charge in [0.2, 0.25) is 0 Å². The van der Waals surface area contributed by atoms with Crippen LogP contribution in [0, 0.1) is 0 Å². The zero-order valence-electron chi connectivity index (χ0n) is 7.84. The molecule has 0 aromatic heterocycles. The van der Waals surface area contributed by atoms with Crippen molar-refractivity contribution in [2.45, 2.75) is 6.04 Å². The van der Waals surface area contributed by atoms with Crippen LogP contribution in [-0.2, 0) is 9.84 Å². The molecule has 0 saturated carbocycles. The summed E-state index contributed by atoms with van der Waals surface area (Å²) in [5, 5.41) is 9.01. The minimum Gasteiger partial charge on any atom is -0.508 e. The first-order chi connectivity index (χ1) is 6.38. The van der Waals surface area contributed by atoms with Gasteiger partial charge in [0.15, 0.2) is 0 Å². The van der Waals surface area contributed by atoms with Crippen LogP contribution in [0.25, 0.3) is 0 Å². The fourth-order valence-corrected chi connectivity index (χ4v) is 1.99. The van der Waals surface area contributed by atoms with E-state index in [1.165, 1.54) is 12.1 Å². The second kappa shape index (κ2) is 3.98. The first-order valence-corrected chi connectivity index (χ1v) is 6.17. The van der Waals surface area contributed by atoms with Gasteiger partial charge in [-0.05, 0) is 17.7 Å². The summed E-state index contributed by atoms with van der Waals surface area (Å²) in [7, 11) is -3.07. The van der Waals surface area contributed by atoms with E-state index in [9.17, 15) is 8.42 Å². The van der Waals surface area contributed by atoms with Crippen molar-refractivity contribution in [2.24, 2.45) is 5.73 Å². The van der Waals surface area contributed by atoms with Crippen molar-refractivity contribution in [3.63, 3.8) is 0 Å². The molecule has 0 spiro atoms. The molecule has 0 radical (unpaired) electrons. The molecular weight excluding hydrogens is 202 g/mol. The third-order valence-corrected chi connectivity index (χ3v) is 2.77. The zero-order chi connectivity index (χ0) is 10.8. The van der Waals surface area contributed by atoms with Gasteiger partial charge in [0, 0.05) is 12.3 Å². The van der Waals surface area contributed by atoms with Gasteiger partial charge >= 0.3 is 0 Å². The lowest BCUT2D eigenvalue weighted by molar-refractivity contribution is 0.475. The van der Waals surface area contributed by atoms with Crippen molar-refractivity contribution >= 4 is 9.84 Å². The highest BCUT2D eigenvalue weighted by Crippen LogP contribution is 2.15. The summed E-state index contributed by atoms with van der Waals surface area (Å²) in [6, 6.07) is 5.66. The predicted molar refractivity (Wildman–Crippen MR) is 54.7 cm³/mol. The van der Waals surface area contributed by atoms with Crippen molar-refractivity contribution in [1.82, 2.24) is 0 Å². The summed E-state index contributed by atoms with van der Waals surface area (Å²) in [6.45, 7) is 0. The van der Waals surface area contributed by atoms with E-state index in [2.05, 4.69) is 0 Å². The molecule has 0 fully saturated rings. The molecule has 78 valence electrons. The number of phenolic OH excluding ortho intramolecular Hbond substituents is 1. The minimum absolute atomic E-state index is 0.0855. The molecule has 0 unspecified atom stereocenters. The number of benzene rings is 1. The molecule has 5 heteroatoms. The summed E-state index contributed by atoms with van der Waals surface area (Å²) in [4.78, 5) is 0. The normalized spacial score (nSPS) is 13.9. The molecule has 0 aliphatic heterocycles. The van der Waals surface area contributed by atoms with E-state index >= 15 is 0 Å². The van der Waals surface area contributed by atoms with Crippen molar-refractivity contribution in [1.29, 1.82) is 0 Å². The molecule has 1 atom stereocenters. The first kappa shape index (κ1) is 11.0. The number of hydrogen-bond acceptors (Lipinski definition) is 4. The van der Waals surface area contributed by atoms with Crippen LogP contribution in [0.15, 0.2) is 24.3 Å². The Bertz CT molecular complexity index is 397. The Balaban J connectivity index is 2.80. The largest absolute Gasteiger partial charge is 0.508 e. The maximum Gasteiger partial charge on any atom is 0.149 e. The van der Waals surface area contributed by atoms with Gasteiger partial charge in [0.25, 0.3) is 0 Å². The van der Waals surface area contributed by atoms with Gasteiger partial charge < -0.3 is 10.8 Å². The number of phenols is 1. The average Bonchev–Trinajstić information content (AvgIpc) is 2.02. The van der Waals surface area contributed by atoms with Crippen LogP contribution in [0.3, 0.4) is 0 Å². The molecule has 1 aromatic carbocycles. The Morgan fingerprint density at radius 2 is 1.86 bits per heavy atom. The van der Waals surface area contributed by atoms with Crippen LogP contribution >= 0.6 is 0 Å². The Morgan fingerprint density at radius 3 is 2.29 bits per heavy atom. The van der Waals surface area contributed by atoms with E-state index in [1.54, 1.807) is 12.1 Å². The predicted octanol–water partition coefficient (Wildman–Crippen LogP) is 0.437. The summed E-state index contributed by atoms with van der Waals surface area (Å²) < 4.78 is 21.9. The molecule has 0 amide bonds. The molecular formula is C9H13NO3S. The highest BCUT2D eigenvalue weighted by Gasteiger charge is 2.12. The lowest BCUT2D eigenvalue weighted by Crippen LogP contribution is -2.20. The van der Waals surface area contributed by atoms with Crippen LogP contribution in [0.4, 0.5) is 0 Å². The second-order valence-corrected chi connectivity index (χ2v) is 5.48. The number of hydrogen-bond donors (Lipinski definition) is 2.